The Kier molecular flexibility index (Phi) is 4.14. The van der Waals surface area contributed by atoms with Gasteiger partial charge in [-0.2, -0.15) is 9.38 Å². The molecule has 0 saturated carbocycles. The molecule has 130 valence electrons. The Hall–Kier alpha value is -2.46. The number of nitrogens with one attached hydrogen (secondary N) is 1. The average molecular weight is 377 g/mol. The smallest absolute Gasteiger partial charge is 0.358 e. The molecule has 0 atom stereocenters. The molecule has 8 nitrogen and oxygen atoms in total. The molecule has 0 spiro atoms. The number of carbonyl (C=O) groups is 1. The molecule has 1 fully saturated rings. The first kappa shape index (κ1) is 16.0. The average Bonchev–Trinajstić information content (AvgIpc) is 3.31. The molecule has 25 heavy (non-hydrogen) atoms. The SMILES string of the molecule is O=C(NC1CCN(c2nc3sccn3c2[N+](=O)[O-])CC1)c1cccs1. The van der Waals surface area contributed by atoms with E-state index >= 15 is 0 Å². The molecule has 1 N–H and O–H groups in total. The number of piperidine rings is 1. The van der Waals surface area contributed by atoms with Crippen LogP contribution in [0.25, 0.3) is 4.96 Å². The van der Waals surface area contributed by atoms with Gasteiger partial charge < -0.3 is 20.3 Å². The van der Waals surface area contributed by atoms with E-state index in [0.717, 1.165) is 12.8 Å². The number of hydrogen-bond acceptors (Lipinski definition) is 7. The molecule has 1 aliphatic rings. The molecule has 1 amide bonds. The maximum Gasteiger partial charge on any atom is 0.373 e. The molecule has 3 aromatic rings. The molecule has 0 radical (unpaired) electrons. The Balaban J connectivity index is 1.45. The largest absolute Gasteiger partial charge is 0.373 e. The van der Waals surface area contributed by atoms with E-state index in [9.17, 15) is 14.9 Å². The molecular formula is C15H15N5O3S2. The first-order chi connectivity index (χ1) is 12.1. The Labute approximate surface area is 150 Å². The van der Waals surface area contributed by atoms with Crippen molar-refractivity contribution in [1.82, 2.24) is 14.7 Å². The van der Waals surface area contributed by atoms with Crippen molar-refractivity contribution in [2.24, 2.45) is 0 Å². The van der Waals surface area contributed by atoms with Crippen molar-refractivity contribution in [3.8, 4) is 0 Å². The van der Waals surface area contributed by atoms with Gasteiger partial charge in [0.15, 0.2) is 0 Å². The van der Waals surface area contributed by atoms with E-state index in [0.29, 0.717) is 28.7 Å². The minimum Gasteiger partial charge on any atom is -0.358 e. The number of fused-ring (bicyclic) bond motifs is 1. The van der Waals surface area contributed by atoms with Crippen molar-refractivity contribution in [3.63, 3.8) is 0 Å². The Morgan fingerprint density at radius 3 is 2.80 bits per heavy atom. The second-order valence-electron chi connectivity index (χ2n) is 5.78. The van der Waals surface area contributed by atoms with Gasteiger partial charge in [0.2, 0.25) is 5.82 Å². The number of nitro groups is 1. The van der Waals surface area contributed by atoms with Gasteiger partial charge in [-0.25, -0.2) is 0 Å². The fourth-order valence-corrected chi connectivity index (χ4v) is 4.38. The summed E-state index contributed by atoms with van der Waals surface area (Å²) in [6.07, 6.45) is 3.14. The monoisotopic (exact) mass is 377 g/mol. The van der Waals surface area contributed by atoms with E-state index < -0.39 is 0 Å². The number of thiazole rings is 1. The zero-order valence-corrected chi connectivity index (χ0v) is 14.8. The standard InChI is InChI=1S/C15H15N5O3S2/c21-13(11-2-1-8-24-11)16-10-3-5-18(6-4-10)12-14(20(22)23)19-7-9-25-15(19)17-12/h1-2,7-10H,3-6H2,(H,16,21). The highest BCUT2D eigenvalue weighted by Crippen LogP contribution is 2.32. The third-order valence-corrected chi connectivity index (χ3v) is 5.89. The van der Waals surface area contributed by atoms with Crippen LogP contribution in [-0.2, 0) is 0 Å². The predicted molar refractivity (Wildman–Crippen MR) is 96.7 cm³/mol. The van der Waals surface area contributed by atoms with Crippen LogP contribution in [-0.4, -0.2) is 39.3 Å². The third-order valence-electron chi connectivity index (χ3n) is 4.27. The van der Waals surface area contributed by atoms with Crippen LogP contribution in [0.15, 0.2) is 29.1 Å². The number of nitrogens with zero attached hydrogens (tertiary/aromatic N) is 4. The molecule has 10 heteroatoms. The number of aromatic nitrogens is 2. The van der Waals surface area contributed by atoms with Gasteiger partial charge >= 0.3 is 5.82 Å². The van der Waals surface area contributed by atoms with E-state index in [1.165, 1.54) is 27.1 Å². The second-order valence-corrected chi connectivity index (χ2v) is 7.60. The molecule has 1 aliphatic heterocycles. The molecule has 4 heterocycles. The van der Waals surface area contributed by atoms with Crippen LogP contribution in [0, 0.1) is 10.1 Å². The van der Waals surface area contributed by atoms with Crippen LogP contribution >= 0.6 is 22.7 Å². The summed E-state index contributed by atoms with van der Waals surface area (Å²) in [6.45, 7) is 1.25. The molecule has 0 aliphatic carbocycles. The number of anilines is 1. The summed E-state index contributed by atoms with van der Waals surface area (Å²) < 4.78 is 1.52. The lowest BCUT2D eigenvalue weighted by molar-refractivity contribution is -0.389. The predicted octanol–water partition coefficient (Wildman–Crippen LogP) is 2.76. The molecule has 0 aromatic carbocycles. The van der Waals surface area contributed by atoms with Crippen molar-refractivity contribution in [2.75, 3.05) is 18.0 Å². The van der Waals surface area contributed by atoms with Crippen molar-refractivity contribution in [3.05, 3.63) is 44.1 Å². The van der Waals surface area contributed by atoms with Crippen molar-refractivity contribution >= 4 is 45.2 Å². The third kappa shape index (κ3) is 2.98. The quantitative estimate of drug-likeness (QED) is 0.557. The Bertz CT molecular complexity index is 909. The summed E-state index contributed by atoms with van der Waals surface area (Å²) in [7, 11) is 0. The molecule has 0 unspecified atom stereocenters. The molecule has 0 bridgehead atoms. The van der Waals surface area contributed by atoms with Crippen LogP contribution < -0.4 is 10.2 Å². The highest BCUT2D eigenvalue weighted by atomic mass is 32.1. The van der Waals surface area contributed by atoms with Gasteiger partial charge in [-0.15, -0.1) is 11.3 Å². The van der Waals surface area contributed by atoms with Crippen molar-refractivity contribution < 1.29 is 9.72 Å². The number of thiophene rings is 1. The van der Waals surface area contributed by atoms with E-state index in [-0.39, 0.29) is 22.7 Å². The number of imidazole rings is 1. The summed E-state index contributed by atoms with van der Waals surface area (Å²) in [4.78, 5) is 30.9. The van der Waals surface area contributed by atoms with E-state index in [4.69, 9.17) is 0 Å². The first-order valence-corrected chi connectivity index (χ1v) is 9.58. The summed E-state index contributed by atoms with van der Waals surface area (Å²) in [5.74, 6) is 0.374. The first-order valence-electron chi connectivity index (χ1n) is 7.83. The fourth-order valence-electron chi connectivity index (χ4n) is 3.04. The lowest BCUT2D eigenvalue weighted by atomic mass is 10.0. The van der Waals surface area contributed by atoms with Crippen LogP contribution in [0.4, 0.5) is 11.6 Å². The molecule has 4 rings (SSSR count). The molecule has 3 aromatic heterocycles. The minimum atomic E-state index is -0.382. The minimum absolute atomic E-state index is 0.0114. The molecular weight excluding hydrogens is 362 g/mol. The number of rotatable bonds is 4. The lowest BCUT2D eigenvalue weighted by Gasteiger charge is -2.32. The summed E-state index contributed by atoms with van der Waals surface area (Å²) in [6, 6.07) is 3.73. The molecule has 1 saturated heterocycles. The summed E-state index contributed by atoms with van der Waals surface area (Å²) >= 11 is 2.79. The van der Waals surface area contributed by atoms with Gasteiger partial charge in [-0.3, -0.25) is 4.79 Å². The zero-order valence-electron chi connectivity index (χ0n) is 13.1. The van der Waals surface area contributed by atoms with E-state index in [2.05, 4.69) is 10.3 Å². The van der Waals surface area contributed by atoms with Gasteiger partial charge in [-0.05, 0) is 29.2 Å². The highest BCUT2D eigenvalue weighted by Gasteiger charge is 2.31. The van der Waals surface area contributed by atoms with Crippen LogP contribution in [0.5, 0.6) is 0 Å². The maximum absolute atomic E-state index is 12.1. The maximum atomic E-state index is 12.1. The van der Waals surface area contributed by atoms with E-state index in [1.54, 1.807) is 17.6 Å². The van der Waals surface area contributed by atoms with Gasteiger partial charge in [-0.1, -0.05) is 17.4 Å². The summed E-state index contributed by atoms with van der Waals surface area (Å²) in [5, 5.41) is 18.1. The van der Waals surface area contributed by atoms with Crippen LogP contribution in [0.2, 0.25) is 0 Å². The van der Waals surface area contributed by atoms with Crippen molar-refractivity contribution in [1.29, 1.82) is 0 Å². The van der Waals surface area contributed by atoms with Gasteiger partial charge in [0.25, 0.3) is 10.9 Å². The van der Waals surface area contributed by atoms with Crippen molar-refractivity contribution in [2.45, 2.75) is 18.9 Å². The second kappa shape index (κ2) is 6.45. The summed E-state index contributed by atoms with van der Waals surface area (Å²) in [5.41, 5.74) is 0. The normalized spacial score (nSPS) is 15.6. The van der Waals surface area contributed by atoms with E-state index in [1.807, 2.05) is 16.3 Å². The van der Waals surface area contributed by atoms with Gasteiger partial charge in [0, 0.05) is 24.5 Å². The van der Waals surface area contributed by atoms with Gasteiger partial charge in [0.1, 0.15) is 6.20 Å². The fraction of sp³-hybridized carbons (Fsp3) is 0.333. The van der Waals surface area contributed by atoms with Crippen LogP contribution in [0.3, 0.4) is 0 Å². The number of carbonyl (C=O) groups excluding carboxylic acids is 1. The number of hydrogen-bond donors (Lipinski definition) is 1. The Morgan fingerprint density at radius 1 is 1.32 bits per heavy atom. The highest BCUT2D eigenvalue weighted by molar-refractivity contribution is 7.15. The Morgan fingerprint density at radius 2 is 2.12 bits per heavy atom. The van der Waals surface area contributed by atoms with Crippen LogP contribution in [0.1, 0.15) is 22.5 Å². The van der Waals surface area contributed by atoms with Gasteiger partial charge in [0.05, 0.1) is 4.88 Å². The topological polar surface area (TPSA) is 92.8 Å². The zero-order chi connectivity index (χ0) is 17.4. The number of amides is 1. The lowest BCUT2D eigenvalue weighted by Crippen LogP contribution is -2.44.